The maximum atomic E-state index is 13.9. The second-order valence-corrected chi connectivity index (χ2v) is 7.88. The second kappa shape index (κ2) is 7.10. The van der Waals surface area contributed by atoms with Gasteiger partial charge in [-0.05, 0) is 36.8 Å². The predicted molar refractivity (Wildman–Crippen MR) is 107 cm³/mol. The maximum Gasteiger partial charge on any atom is 0.250 e. The van der Waals surface area contributed by atoms with E-state index in [1.165, 1.54) is 35.2 Å². The van der Waals surface area contributed by atoms with E-state index in [0.717, 1.165) is 0 Å². The van der Waals surface area contributed by atoms with Crippen LogP contribution in [0.25, 0.3) is 28.3 Å². The summed E-state index contributed by atoms with van der Waals surface area (Å²) in [5.41, 5.74) is 2.59. The number of halogens is 4. The minimum absolute atomic E-state index is 0.0739. The zero-order valence-corrected chi connectivity index (χ0v) is 16.7. The Hall–Kier alpha value is -3.38. The fourth-order valence-electron chi connectivity index (χ4n) is 3.99. The van der Waals surface area contributed by atoms with E-state index in [-0.39, 0.29) is 30.0 Å². The van der Waals surface area contributed by atoms with Crippen LogP contribution < -0.4 is 0 Å². The van der Waals surface area contributed by atoms with E-state index in [1.54, 1.807) is 16.7 Å². The highest BCUT2D eigenvalue weighted by Gasteiger charge is 2.41. The van der Waals surface area contributed by atoms with Crippen LogP contribution >= 0.6 is 11.6 Å². The van der Waals surface area contributed by atoms with Crippen molar-refractivity contribution >= 4 is 17.2 Å². The van der Waals surface area contributed by atoms with E-state index in [0.29, 0.717) is 28.3 Å². The molecule has 1 saturated carbocycles. The second-order valence-electron chi connectivity index (χ2n) is 7.47. The highest BCUT2D eigenvalue weighted by molar-refractivity contribution is 6.31. The summed E-state index contributed by atoms with van der Waals surface area (Å²) in [6.45, 7) is 0. The summed E-state index contributed by atoms with van der Waals surface area (Å²) in [5.74, 6) is -3.32. The molecule has 6 nitrogen and oxygen atoms in total. The topological polar surface area (TPSA) is 71.8 Å². The van der Waals surface area contributed by atoms with Crippen molar-refractivity contribution in [2.24, 2.45) is 0 Å². The van der Waals surface area contributed by atoms with Crippen molar-refractivity contribution in [2.45, 2.75) is 31.2 Å². The van der Waals surface area contributed by atoms with Crippen LogP contribution in [-0.2, 0) is 0 Å². The molecule has 0 aliphatic heterocycles. The van der Waals surface area contributed by atoms with Crippen LogP contribution in [0.3, 0.4) is 0 Å². The van der Waals surface area contributed by atoms with Gasteiger partial charge in [0, 0.05) is 24.4 Å². The van der Waals surface area contributed by atoms with Crippen LogP contribution in [-0.4, -0.2) is 30.1 Å². The van der Waals surface area contributed by atoms with E-state index in [4.69, 9.17) is 11.6 Å². The summed E-state index contributed by atoms with van der Waals surface area (Å²) in [5, 5.41) is 13.8. The Balaban J connectivity index is 1.72. The molecule has 3 aromatic heterocycles. The number of nitriles is 1. The van der Waals surface area contributed by atoms with Gasteiger partial charge >= 0.3 is 0 Å². The van der Waals surface area contributed by atoms with Crippen molar-refractivity contribution in [3.05, 3.63) is 59.4 Å². The number of rotatable bonds is 3. The summed E-state index contributed by atoms with van der Waals surface area (Å²) in [6.07, 6.45) is 2.67. The number of nitrogens with zero attached hydrogens (tertiary/aromatic N) is 6. The van der Waals surface area contributed by atoms with E-state index >= 15 is 0 Å². The number of fused-ring (bicyclic) bond motifs is 1. The molecule has 0 N–H and O–H groups in total. The van der Waals surface area contributed by atoms with Crippen molar-refractivity contribution in [1.82, 2.24) is 24.1 Å². The van der Waals surface area contributed by atoms with Gasteiger partial charge in [0.25, 0.3) is 0 Å². The molecule has 1 atom stereocenters. The Kier molecular flexibility index (Phi) is 4.48. The number of benzene rings is 1. The highest BCUT2D eigenvalue weighted by atomic mass is 35.5. The molecular formula is C21H14ClF3N6. The van der Waals surface area contributed by atoms with Crippen molar-refractivity contribution in [3.8, 4) is 28.7 Å². The van der Waals surface area contributed by atoms with Gasteiger partial charge in [0.15, 0.2) is 11.3 Å². The monoisotopic (exact) mass is 442 g/mol. The standard InChI is InChI=1S/C21H14ClF3N6/c22-15-7-12(1-2-16(15)23)19-20(30(11-28-19)13-5-6-21(24,25)8-13)17-3-4-18-27-10-14(9-26)31(18)29-17/h1-4,7,10-11,13H,5-6,8H2. The highest BCUT2D eigenvalue weighted by Crippen LogP contribution is 2.44. The Morgan fingerprint density at radius 2 is 2.03 bits per heavy atom. The molecule has 1 fully saturated rings. The van der Waals surface area contributed by atoms with Crippen molar-refractivity contribution in [1.29, 1.82) is 5.26 Å². The number of hydrogen-bond acceptors (Lipinski definition) is 4. The molecule has 0 bridgehead atoms. The molecule has 156 valence electrons. The lowest BCUT2D eigenvalue weighted by atomic mass is 10.1. The van der Waals surface area contributed by atoms with E-state index in [9.17, 15) is 18.4 Å². The molecule has 3 heterocycles. The van der Waals surface area contributed by atoms with Gasteiger partial charge in [-0.1, -0.05) is 11.6 Å². The maximum absolute atomic E-state index is 13.9. The van der Waals surface area contributed by atoms with Gasteiger partial charge in [-0.15, -0.1) is 0 Å². The first-order chi connectivity index (χ1) is 14.9. The van der Waals surface area contributed by atoms with Crippen LogP contribution in [0.15, 0.2) is 42.9 Å². The van der Waals surface area contributed by atoms with Gasteiger partial charge in [0.05, 0.1) is 28.9 Å². The number of aromatic nitrogens is 5. The summed E-state index contributed by atoms with van der Waals surface area (Å²) in [4.78, 5) is 8.57. The zero-order valence-electron chi connectivity index (χ0n) is 15.9. The molecule has 0 amide bonds. The average molecular weight is 443 g/mol. The average Bonchev–Trinajstić information content (AvgIpc) is 3.45. The number of hydrogen-bond donors (Lipinski definition) is 0. The van der Waals surface area contributed by atoms with Crippen molar-refractivity contribution in [3.63, 3.8) is 0 Å². The number of alkyl halides is 2. The quantitative estimate of drug-likeness (QED) is 0.432. The van der Waals surface area contributed by atoms with E-state index in [1.807, 2.05) is 6.07 Å². The van der Waals surface area contributed by atoms with Crippen molar-refractivity contribution < 1.29 is 13.2 Å². The molecule has 31 heavy (non-hydrogen) atoms. The number of imidazole rings is 2. The normalized spacial score (nSPS) is 17.8. The Bertz CT molecular complexity index is 1350. The minimum Gasteiger partial charge on any atom is -0.325 e. The zero-order chi connectivity index (χ0) is 21.8. The first kappa shape index (κ1) is 19.6. The lowest BCUT2D eigenvalue weighted by Crippen LogP contribution is -2.13. The van der Waals surface area contributed by atoms with Crippen molar-refractivity contribution in [2.75, 3.05) is 0 Å². The fourth-order valence-corrected chi connectivity index (χ4v) is 4.17. The SMILES string of the molecule is N#Cc1cnc2ccc(-c3c(-c4ccc(F)c(Cl)c4)ncn3C3CCC(F)(F)C3)nn12. The molecule has 1 aromatic carbocycles. The van der Waals surface area contributed by atoms with Crippen LogP contribution in [0.5, 0.6) is 0 Å². The van der Waals surface area contributed by atoms with Gasteiger partial charge in [-0.2, -0.15) is 10.4 Å². The molecule has 0 spiro atoms. The van der Waals surface area contributed by atoms with Crippen LogP contribution in [0.4, 0.5) is 13.2 Å². The molecule has 5 rings (SSSR count). The Labute approximate surface area is 179 Å². The Morgan fingerprint density at radius 3 is 2.74 bits per heavy atom. The minimum atomic E-state index is -2.75. The van der Waals surface area contributed by atoms with Crippen LogP contribution in [0.2, 0.25) is 5.02 Å². The van der Waals surface area contributed by atoms with Gasteiger partial charge in [0.2, 0.25) is 5.92 Å². The first-order valence-corrected chi connectivity index (χ1v) is 9.89. The predicted octanol–water partition coefficient (Wildman–Crippen LogP) is 5.28. The summed E-state index contributed by atoms with van der Waals surface area (Å²) < 4.78 is 44.7. The lowest BCUT2D eigenvalue weighted by molar-refractivity contribution is 0.00569. The molecule has 1 unspecified atom stereocenters. The van der Waals surface area contributed by atoms with E-state index in [2.05, 4.69) is 15.1 Å². The summed E-state index contributed by atoms with van der Waals surface area (Å²) in [6, 6.07) is 9.11. The lowest BCUT2D eigenvalue weighted by Gasteiger charge is -2.17. The van der Waals surface area contributed by atoms with Crippen LogP contribution in [0.1, 0.15) is 31.0 Å². The van der Waals surface area contributed by atoms with E-state index < -0.39 is 17.8 Å². The smallest absolute Gasteiger partial charge is 0.250 e. The molecule has 0 radical (unpaired) electrons. The largest absolute Gasteiger partial charge is 0.325 e. The molecule has 1 aliphatic rings. The molecular weight excluding hydrogens is 429 g/mol. The Morgan fingerprint density at radius 1 is 1.19 bits per heavy atom. The summed E-state index contributed by atoms with van der Waals surface area (Å²) in [7, 11) is 0. The van der Waals surface area contributed by atoms with Gasteiger partial charge < -0.3 is 4.57 Å². The molecule has 0 saturated heterocycles. The third kappa shape index (κ3) is 3.33. The third-order valence-electron chi connectivity index (χ3n) is 5.48. The third-order valence-corrected chi connectivity index (χ3v) is 5.77. The molecule has 10 heteroatoms. The summed E-state index contributed by atoms with van der Waals surface area (Å²) >= 11 is 5.96. The molecule has 1 aliphatic carbocycles. The fraction of sp³-hybridized carbons (Fsp3) is 0.238. The van der Waals surface area contributed by atoms with Gasteiger partial charge in [0.1, 0.15) is 17.6 Å². The van der Waals surface area contributed by atoms with Gasteiger partial charge in [-0.3, -0.25) is 0 Å². The van der Waals surface area contributed by atoms with Crippen LogP contribution in [0, 0.1) is 17.1 Å². The molecule has 4 aromatic rings. The first-order valence-electron chi connectivity index (χ1n) is 9.51. The van der Waals surface area contributed by atoms with Gasteiger partial charge in [-0.25, -0.2) is 27.7 Å².